The summed E-state index contributed by atoms with van der Waals surface area (Å²) in [5.74, 6) is 1.17. The Bertz CT molecular complexity index is 1330. The van der Waals surface area contributed by atoms with Crippen LogP contribution in [0.25, 0.3) is 0 Å². The quantitative estimate of drug-likeness (QED) is 0.606. The number of fused-ring (bicyclic) bond motifs is 1. The number of para-hydroxylation sites is 2. The highest BCUT2D eigenvalue weighted by molar-refractivity contribution is 7.92. The van der Waals surface area contributed by atoms with E-state index in [4.69, 9.17) is 9.15 Å². The minimum atomic E-state index is -3.75. The molecule has 2 heterocycles. The molecule has 0 bridgehead atoms. The first-order valence-electron chi connectivity index (χ1n) is 10.7. The van der Waals surface area contributed by atoms with Crippen molar-refractivity contribution in [2.75, 3.05) is 23.0 Å². The second-order valence-corrected chi connectivity index (χ2v) is 10.2. The van der Waals surface area contributed by atoms with Gasteiger partial charge in [-0.1, -0.05) is 24.3 Å². The number of furan rings is 1. The van der Waals surface area contributed by atoms with Crippen molar-refractivity contribution in [1.29, 1.82) is 0 Å². The van der Waals surface area contributed by atoms with Crippen LogP contribution in [0.15, 0.2) is 82.6 Å². The van der Waals surface area contributed by atoms with E-state index in [1.807, 2.05) is 36.4 Å². The lowest BCUT2D eigenvalue weighted by atomic mass is 9.80. The molecule has 0 unspecified atom stereocenters. The van der Waals surface area contributed by atoms with Gasteiger partial charge in [-0.2, -0.15) is 0 Å². The molecule has 1 aliphatic heterocycles. The Morgan fingerprint density at radius 2 is 1.79 bits per heavy atom. The summed E-state index contributed by atoms with van der Waals surface area (Å²) >= 11 is 0. The first-order chi connectivity index (χ1) is 15.9. The van der Waals surface area contributed by atoms with Gasteiger partial charge in [-0.25, -0.2) is 8.42 Å². The second kappa shape index (κ2) is 8.12. The number of anilines is 2. The molecule has 5 rings (SSSR count). The highest BCUT2D eigenvalue weighted by Gasteiger charge is 2.42. The lowest BCUT2D eigenvalue weighted by molar-refractivity contribution is -0.116. The molecule has 0 amide bonds. The van der Waals surface area contributed by atoms with Gasteiger partial charge in [-0.3, -0.25) is 9.10 Å². The highest BCUT2D eigenvalue weighted by Crippen LogP contribution is 2.48. The molecule has 0 spiro atoms. The number of benzene rings is 2. The number of Topliss-reactive ketones (excluding diaryl/α,β-unsaturated/α-hetero) is 1. The fraction of sp³-hybridized carbons (Fsp3) is 0.240. The SMILES string of the molecule is COc1ccc([C@H]2C3=C(C[C@@H](c4ccco4)CC3=O)Nc3ccccc3N2S(C)(=O)=O)cc1. The average molecular weight is 465 g/mol. The highest BCUT2D eigenvalue weighted by atomic mass is 32.2. The first-order valence-corrected chi connectivity index (χ1v) is 12.5. The van der Waals surface area contributed by atoms with Gasteiger partial charge in [-0.15, -0.1) is 0 Å². The summed E-state index contributed by atoms with van der Waals surface area (Å²) in [4.78, 5) is 13.6. The maximum atomic E-state index is 13.6. The Morgan fingerprint density at radius 3 is 2.45 bits per heavy atom. The third-order valence-electron chi connectivity index (χ3n) is 6.18. The van der Waals surface area contributed by atoms with E-state index in [2.05, 4.69) is 5.32 Å². The molecular weight excluding hydrogens is 440 g/mol. The molecule has 0 saturated heterocycles. The Morgan fingerprint density at radius 1 is 1.03 bits per heavy atom. The number of ketones is 1. The number of carbonyl (C=O) groups excluding carboxylic acids is 1. The van der Waals surface area contributed by atoms with Gasteiger partial charge < -0.3 is 14.5 Å². The normalized spacial score (nSPS) is 20.5. The lowest BCUT2D eigenvalue weighted by Gasteiger charge is -2.34. The molecule has 0 radical (unpaired) electrons. The number of carbonyl (C=O) groups is 1. The fourth-order valence-electron chi connectivity index (χ4n) is 4.74. The van der Waals surface area contributed by atoms with Crippen LogP contribution < -0.4 is 14.4 Å². The van der Waals surface area contributed by atoms with Gasteiger partial charge in [0.05, 0.1) is 31.0 Å². The molecule has 2 aromatic carbocycles. The summed E-state index contributed by atoms with van der Waals surface area (Å²) in [6, 6.07) is 17.3. The van der Waals surface area contributed by atoms with Gasteiger partial charge in [0.2, 0.25) is 10.0 Å². The number of hydrogen-bond donors (Lipinski definition) is 1. The van der Waals surface area contributed by atoms with E-state index in [-0.39, 0.29) is 18.1 Å². The molecule has 3 aromatic rings. The van der Waals surface area contributed by atoms with Crippen molar-refractivity contribution in [3.05, 3.63) is 89.5 Å². The molecule has 170 valence electrons. The van der Waals surface area contributed by atoms with Crippen LogP contribution in [0.3, 0.4) is 0 Å². The zero-order chi connectivity index (χ0) is 23.2. The zero-order valence-electron chi connectivity index (χ0n) is 18.3. The third-order valence-corrected chi connectivity index (χ3v) is 7.30. The summed E-state index contributed by atoms with van der Waals surface area (Å²) in [5, 5.41) is 3.39. The molecule has 2 atom stereocenters. The van der Waals surface area contributed by atoms with E-state index in [1.54, 1.807) is 37.6 Å². The zero-order valence-corrected chi connectivity index (χ0v) is 19.1. The third kappa shape index (κ3) is 3.80. The number of methoxy groups -OCH3 is 1. The van der Waals surface area contributed by atoms with Crippen LogP contribution in [0.1, 0.15) is 36.1 Å². The number of rotatable bonds is 4. The number of nitrogens with one attached hydrogen (secondary N) is 1. The standard InChI is InChI=1S/C25H24N2O5S/c1-31-18-11-9-16(10-12-18)25-24-20(14-17(15-22(24)28)23-8-5-13-32-23)26-19-6-3-4-7-21(19)27(25)33(2,29)30/h3-13,17,25-26H,14-15H2,1-2H3/t17-,25+/m1/s1. The molecule has 2 aliphatic rings. The van der Waals surface area contributed by atoms with Gasteiger partial charge in [0.1, 0.15) is 17.6 Å². The van der Waals surface area contributed by atoms with Crippen LogP contribution in [-0.4, -0.2) is 27.6 Å². The van der Waals surface area contributed by atoms with Crippen molar-refractivity contribution < 1.29 is 22.4 Å². The monoisotopic (exact) mass is 464 g/mol. The molecule has 8 heteroatoms. The Hall–Kier alpha value is -3.52. The van der Waals surface area contributed by atoms with Gasteiger partial charge in [0, 0.05) is 23.6 Å². The Labute approximate surface area is 192 Å². The molecule has 0 fully saturated rings. The number of allylic oxidation sites excluding steroid dienone is 1. The van der Waals surface area contributed by atoms with E-state index in [0.29, 0.717) is 40.4 Å². The second-order valence-electron chi connectivity index (χ2n) is 8.31. The van der Waals surface area contributed by atoms with Crippen LogP contribution in [0.4, 0.5) is 11.4 Å². The molecular formula is C25H24N2O5S. The first kappa shape index (κ1) is 21.3. The maximum absolute atomic E-state index is 13.6. The van der Waals surface area contributed by atoms with Crippen LogP contribution in [0.2, 0.25) is 0 Å². The molecule has 7 nitrogen and oxygen atoms in total. The number of ether oxygens (including phenoxy) is 1. The molecule has 1 aliphatic carbocycles. The van der Waals surface area contributed by atoms with E-state index >= 15 is 0 Å². The summed E-state index contributed by atoms with van der Waals surface area (Å²) in [6.45, 7) is 0. The number of nitrogens with zero attached hydrogens (tertiary/aromatic N) is 1. The number of hydrogen-bond acceptors (Lipinski definition) is 6. The molecule has 33 heavy (non-hydrogen) atoms. The van der Waals surface area contributed by atoms with Crippen molar-refractivity contribution >= 4 is 27.2 Å². The summed E-state index contributed by atoms with van der Waals surface area (Å²) < 4.78 is 38.6. The largest absolute Gasteiger partial charge is 0.497 e. The topological polar surface area (TPSA) is 88.8 Å². The predicted molar refractivity (Wildman–Crippen MR) is 126 cm³/mol. The van der Waals surface area contributed by atoms with E-state index in [1.165, 1.54) is 10.6 Å². The van der Waals surface area contributed by atoms with E-state index < -0.39 is 16.1 Å². The fourth-order valence-corrected chi connectivity index (χ4v) is 5.87. The summed E-state index contributed by atoms with van der Waals surface area (Å²) in [7, 11) is -2.18. The average Bonchev–Trinajstić information content (AvgIpc) is 3.28. The van der Waals surface area contributed by atoms with Crippen molar-refractivity contribution in [1.82, 2.24) is 0 Å². The van der Waals surface area contributed by atoms with Gasteiger partial charge in [0.15, 0.2) is 5.78 Å². The van der Waals surface area contributed by atoms with Crippen LogP contribution in [0, 0.1) is 0 Å². The number of sulfonamides is 1. The summed E-state index contributed by atoms with van der Waals surface area (Å²) in [6.07, 6.45) is 3.55. The minimum Gasteiger partial charge on any atom is -0.497 e. The molecule has 1 aromatic heterocycles. The lowest BCUT2D eigenvalue weighted by Crippen LogP contribution is -2.37. The van der Waals surface area contributed by atoms with Gasteiger partial charge in [0.25, 0.3) is 0 Å². The van der Waals surface area contributed by atoms with E-state index in [0.717, 1.165) is 5.76 Å². The smallest absolute Gasteiger partial charge is 0.233 e. The van der Waals surface area contributed by atoms with Crippen molar-refractivity contribution in [3.63, 3.8) is 0 Å². The Balaban J connectivity index is 1.74. The van der Waals surface area contributed by atoms with Crippen molar-refractivity contribution in [2.45, 2.75) is 24.8 Å². The van der Waals surface area contributed by atoms with Crippen molar-refractivity contribution in [2.24, 2.45) is 0 Å². The maximum Gasteiger partial charge on any atom is 0.233 e. The van der Waals surface area contributed by atoms with Crippen LogP contribution in [-0.2, 0) is 14.8 Å². The van der Waals surface area contributed by atoms with Gasteiger partial charge in [-0.05, 0) is 48.4 Å². The minimum absolute atomic E-state index is 0.104. The summed E-state index contributed by atoms with van der Waals surface area (Å²) in [5.41, 5.74) is 3.01. The molecule has 1 N–H and O–H groups in total. The van der Waals surface area contributed by atoms with Crippen LogP contribution >= 0.6 is 0 Å². The van der Waals surface area contributed by atoms with Gasteiger partial charge >= 0.3 is 0 Å². The van der Waals surface area contributed by atoms with Crippen LogP contribution in [0.5, 0.6) is 5.75 Å². The predicted octanol–water partition coefficient (Wildman–Crippen LogP) is 4.62. The Kier molecular flexibility index (Phi) is 5.25. The van der Waals surface area contributed by atoms with E-state index in [9.17, 15) is 13.2 Å². The van der Waals surface area contributed by atoms with Crippen molar-refractivity contribution in [3.8, 4) is 5.75 Å². The molecule has 0 saturated carbocycles.